The molecular weight excluding hydrogens is 406 g/mol. The molecule has 1 aliphatic rings. The molecular formula is C20H17F4N3O3. The standard InChI is InChI=1S/C20H17F4N3O3/c1-25-20(30)18(10-2-3-15(23)16(24)4-10)26-19(29)11-5-17(28)27(9-11)14-7-12(21)6-13(22)8-14/h2-4,6-8,11,18H,5,9H2,1H3,(H,25,30)(H,26,29). The lowest BCUT2D eigenvalue weighted by Crippen LogP contribution is -2.42. The van der Waals surface area contributed by atoms with E-state index < -0.39 is 53.0 Å². The quantitative estimate of drug-likeness (QED) is 0.724. The van der Waals surface area contributed by atoms with Crippen molar-refractivity contribution in [2.24, 2.45) is 5.92 Å². The van der Waals surface area contributed by atoms with Crippen molar-refractivity contribution in [3.63, 3.8) is 0 Å². The summed E-state index contributed by atoms with van der Waals surface area (Å²) >= 11 is 0. The number of rotatable bonds is 5. The average Bonchev–Trinajstić information content (AvgIpc) is 3.08. The maximum atomic E-state index is 13.6. The van der Waals surface area contributed by atoms with Gasteiger partial charge in [-0.15, -0.1) is 0 Å². The van der Waals surface area contributed by atoms with Gasteiger partial charge in [0, 0.05) is 31.8 Å². The number of benzene rings is 2. The molecule has 3 rings (SSSR count). The molecule has 0 spiro atoms. The fourth-order valence-corrected chi connectivity index (χ4v) is 3.22. The molecule has 0 bridgehead atoms. The summed E-state index contributed by atoms with van der Waals surface area (Å²) in [4.78, 5) is 38.2. The van der Waals surface area contributed by atoms with E-state index in [-0.39, 0.29) is 24.2 Å². The van der Waals surface area contributed by atoms with Crippen LogP contribution in [0.25, 0.3) is 0 Å². The number of hydrogen-bond donors (Lipinski definition) is 2. The Balaban J connectivity index is 1.78. The molecule has 1 heterocycles. The first-order valence-electron chi connectivity index (χ1n) is 8.93. The van der Waals surface area contributed by atoms with Crippen LogP contribution in [0.3, 0.4) is 0 Å². The van der Waals surface area contributed by atoms with Gasteiger partial charge in [-0.25, -0.2) is 17.6 Å². The molecule has 2 aromatic rings. The van der Waals surface area contributed by atoms with E-state index in [1.807, 2.05) is 0 Å². The van der Waals surface area contributed by atoms with Crippen LogP contribution in [0.1, 0.15) is 18.0 Å². The van der Waals surface area contributed by atoms with Crippen LogP contribution >= 0.6 is 0 Å². The summed E-state index contributed by atoms with van der Waals surface area (Å²) < 4.78 is 53.7. The van der Waals surface area contributed by atoms with E-state index in [1.54, 1.807) is 0 Å². The van der Waals surface area contributed by atoms with Gasteiger partial charge < -0.3 is 15.5 Å². The molecule has 0 radical (unpaired) electrons. The summed E-state index contributed by atoms with van der Waals surface area (Å²) in [6.07, 6.45) is -0.248. The van der Waals surface area contributed by atoms with Gasteiger partial charge in [-0.2, -0.15) is 0 Å². The van der Waals surface area contributed by atoms with E-state index >= 15 is 0 Å². The topological polar surface area (TPSA) is 78.5 Å². The molecule has 1 aliphatic heterocycles. The summed E-state index contributed by atoms with van der Waals surface area (Å²) in [5.74, 6) is -6.85. The number of nitrogens with one attached hydrogen (secondary N) is 2. The Labute approximate surface area is 168 Å². The monoisotopic (exact) mass is 423 g/mol. The molecule has 0 aromatic heterocycles. The SMILES string of the molecule is CNC(=O)C(NC(=O)C1CC(=O)N(c2cc(F)cc(F)c2)C1)c1ccc(F)c(F)c1. The smallest absolute Gasteiger partial charge is 0.246 e. The maximum absolute atomic E-state index is 13.6. The fraction of sp³-hybridized carbons (Fsp3) is 0.250. The van der Waals surface area contributed by atoms with Crippen LogP contribution in [0, 0.1) is 29.2 Å². The number of likely N-dealkylation sites (N-methyl/N-ethyl adjacent to an activating group) is 1. The summed E-state index contributed by atoms with van der Waals surface area (Å²) in [6.45, 7) is -0.161. The number of nitrogens with zero attached hydrogens (tertiary/aromatic N) is 1. The fourth-order valence-electron chi connectivity index (χ4n) is 3.22. The Morgan fingerprint density at radius 1 is 1.03 bits per heavy atom. The Hall–Kier alpha value is -3.43. The Morgan fingerprint density at radius 2 is 1.70 bits per heavy atom. The van der Waals surface area contributed by atoms with Crippen molar-refractivity contribution in [3.05, 3.63) is 65.2 Å². The number of carbonyl (C=O) groups excluding carboxylic acids is 3. The van der Waals surface area contributed by atoms with E-state index in [9.17, 15) is 31.9 Å². The van der Waals surface area contributed by atoms with E-state index in [0.717, 1.165) is 35.2 Å². The van der Waals surface area contributed by atoms with Crippen LogP contribution in [-0.4, -0.2) is 31.3 Å². The zero-order chi connectivity index (χ0) is 22.0. The zero-order valence-electron chi connectivity index (χ0n) is 15.7. The van der Waals surface area contributed by atoms with Gasteiger partial charge in [-0.05, 0) is 29.8 Å². The average molecular weight is 423 g/mol. The normalized spacial score (nSPS) is 17.0. The first-order chi connectivity index (χ1) is 14.2. The number of amides is 3. The molecule has 6 nitrogen and oxygen atoms in total. The van der Waals surface area contributed by atoms with Crippen molar-refractivity contribution in [1.29, 1.82) is 0 Å². The second-order valence-corrected chi connectivity index (χ2v) is 6.76. The second-order valence-electron chi connectivity index (χ2n) is 6.76. The second kappa shape index (κ2) is 8.52. The van der Waals surface area contributed by atoms with Gasteiger partial charge in [0.2, 0.25) is 17.7 Å². The van der Waals surface area contributed by atoms with Gasteiger partial charge in [-0.3, -0.25) is 14.4 Å². The third-order valence-corrected chi connectivity index (χ3v) is 4.73. The third kappa shape index (κ3) is 4.42. The molecule has 158 valence electrons. The highest BCUT2D eigenvalue weighted by molar-refractivity contribution is 6.01. The first-order valence-corrected chi connectivity index (χ1v) is 8.93. The molecule has 2 aromatic carbocycles. The van der Waals surface area contributed by atoms with E-state index in [0.29, 0.717) is 6.07 Å². The van der Waals surface area contributed by atoms with Crippen molar-refractivity contribution < 1.29 is 31.9 Å². The predicted octanol–water partition coefficient (Wildman–Crippen LogP) is 2.20. The first kappa shape index (κ1) is 21.3. The van der Waals surface area contributed by atoms with Crippen LogP contribution in [0.5, 0.6) is 0 Å². The van der Waals surface area contributed by atoms with E-state index in [2.05, 4.69) is 10.6 Å². The Kier molecular flexibility index (Phi) is 6.04. The summed E-state index contributed by atoms with van der Waals surface area (Å²) in [6, 6.07) is 4.03. The number of anilines is 1. The predicted molar refractivity (Wildman–Crippen MR) is 98.1 cm³/mol. The molecule has 0 aliphatic carbocycles. The highest BCUT2D eigenvalue weighted by Gasteiger charge is 2.37. The van der Waals surface area contributed by atoms with Gasteiger partial charge in [0.1, 0.15) is 17.7 Å². The molecule has 2 atom stereocenters. The van der Waals surface area contributed by atoms with Gasteiger partial charge in [0.15, 0.2) is 11.6 Å². The molecule has 1 fully saturated rings. The zero-order valence-corrected chi connectivity index (χ0v) is 15.7. The van der Waals surface area contributed by atoms with Crippen molar-refractivity contribution in [1.82, 2.24) is 10.6 Å². The largest absolute Gasteiger partial charge is 0.357 e. The Morgan fingerprint density at radius 3 is 2.30 bits per heavy atom. The van der Waals surface area contributed by atoms with Crippen LogP contribution in [0.2, 0.25) is 0 Å². The van der Waals surface area contributed by atoms with Crippen LogP contribution in [-0.2, 0) is 14.4 Å². The highest BCUT2D eigenvalue weighted by atomic mass is 19.2. The van der Waals surface area contributed by atoms with Crippen LogP contribution in [0.4, 0.5) is 23.2 Å². The Bertz CT molecular complexity index is 995. The lowest BCUT2D eigenvalue weighted by Gasteiger charge is -2.21. The van der Waals surface area contributed by atoms with Gasteiger partial charge in [-0.1, -0.05) is 6.07 Å². The minimum Gasteiger partial charge on any atom is -0.357 e. The molecule has 1 saturated heterocycles. The summed E-state index contributed by atoms with van der Waals surface area (Å²) in [5.41, 5.74) is -0.0220. The minimum absolute atomic E-state index is 0.00924. The van der Waals surface area contributed by atoms with Crippen LogP contribution in [0.15, 0.2) is 36.4 Å². The van der Waals surface area contributed by atoms with Crippen molar-refractivity contribution in [2.45, 2.75) is 12.5 Å². The van der Waals surface area contributed by atoms with Crippen molar-refractivity contribution >= 4 is 23.4 Å². The van der Waals surface area contributed by atoms with E-state index in [1.165, 1.54) is 7.05 Å². The van der Waals surface area contributed by atoms with Crippen molar-refractivity contribution in [2.75, 3.05) is 18.5 Å². The number of halogens is 4. The lowest BCUT2D eigenvalue weighted by atomic mass is 10.0. The lowest BCUT2D eigenvalue weighted by molar-refractivity contribution is -0.131. The number of hydrogen-bond acceptors (Lipinski definition) is 3. The summed E-state index contributed by atoms with van der Waals surface area (Å²) in [7, 11) is 1.31. The van der Waals surface area contributed by atoms with Gasteiger partial charge in [0.05, 0.1) is 5.92 Å². The van der Waals surface area contributed by atoms with Gasteiger partial charge >= 0.3 is 0 Å². The van der Waals surface area contributed by atoms with Gasteiger partial charge in [0.25, 0.3) is 0 Å². The molecule has 3 amide bonds. The summed E-state index contributed by atoms with van der Waals surface area (Å²) in [5, 5.41) is 4.74. The maximum Gasteiger partial charge on any atom is 0.246 e. The molecule has 0 saturated carbocycles. The van der Waals surface area contributed by atoms with Crippen molar-refractivity contribution in [3.8, 4) is 0 Å². The highest BCUT2D eigenvalue weighted by Crippen LogP contribution is 2.27. The molecule has 30 heavy (non-hydrogen) atoms. The molecule has 2 N–H and O–H groups in total. The molecule has 2 unspecified atom stereocenters. The molecule has 10 heteroatoms. The third-order valence-electron chi connectivity index (χ3n) is 4.73. The minimum atomic E-state index is -1.33. The van der Waals surface area contributed by atoms with Crippen LogP contribution < -0.4 is 15.5 Å². The number of carbonyl (C=O) groups is 3. The van der Waals surface area contributed by atoms with E-state index in [4.69, 9.17) is 0 Å².